The van der Waals surface area contributed by atoms with Crippen LogP contribution in [0.5, 0.6) is 0 Å². The van der Waals surface area contributed by atoms with Crippen molar-refractivity contribution >= 4 is 37.1 Å². The first-order valence-electron chi connectivity index (χ1n) is 15.0. The van der Waals surface area contributed by atoms with Gasteiger partial charge in [-0.15, -0.1) is 0 Å². The van der Waals surface area contributed by atoms with E-state index in [2.05, 4.69) is 128 Å². The Morgan fingerprint density at radius 3 is 0.950 bits per heavy atom. The van der Waals surface area contributed by atoms with Crippen LogP contribution in [0.4, 0.5) is 0 Å². The van der Waals surface area contributed by atoms with Crippen LogP contribution in [-0.4, -0.2) is 4.90 Å². The highest BCUT2D eigenvalue weighted by molar-refractivity contribution is 7.91. The molecule has 0 aliphatic heterocycles. The van der Waals surface area contributed by atoms with Crippen LogP contribution in [0.3, 0.4) is 0 Å². The minimum absolute atomic E-state index is 0.192. The molecule has 40 heavy (non-hydrogen) atoms. The lowest BCUT2D eigenvalue weighted by molar-refractivity contribution is 0.483. The molecular formula is C38H46P2. The molecule has 0 unspecified atom stereocenters. The Balaban J connectivity index is 1.93. The normalized spacial score (nSPS) is 15.2. The highest BCUT2D eigenvalue weighted by Crippen LogP contribution is 2.71. The van der Waals surface area contributed by atoms with Gasteiger partial charge in [0.1, 0.15) is 0 Å². The van der Waals surface area contributed by atoms with Gasteiger partial charge in [-0.3, -0.25) is 0 Å². The largest absolute Gasteiger partial charge is 0.0613 e. The van der Waals surface area contributed by atoms with Crippen molar-refractivity contribution in [3.63, 3.8) is 0 Å². The molecule has 0 radical (unpaired) electrons. The zero-order chi connectivity index (χ0) is 28.6. The maximum atomic E-state index is 2.49. The van der Waals surface area contributed by atoms with Crippen molar-refractivity contribution < 1.29 is 0 Å². The fourth-order valence-electron chi connectivity index (χ4n) is 6.73. The smallest absolute Gasteiger partial charge is 0.0267 e. The second-order valence-corrected chi connectivity index (χ2v) is 17.4. The SMILES string of the molecule is Cc1cccc(P(c2cccc(C)c2C)C2(P(c3cccc(C)c3C)c3cccc(C)c3C)CCCCC2)c1C. The van der Waals surface area contributed by atoms with Crippen LogP contribution in [0, 0.1) is 55.4 Å². The molecule has 4 aromatic carbocycles. The summed E-state index contributed by atoms with van der Waals surface area (Å²) < 4.78 is 0. The third kappa shape index (κ3) is 5.13. The average molecular weight is 565 g/mol. The minimum atomic E-state index is -0.629. The third-order valence-corrected chi connectivity index (χ3v) is 17.4. The highest BCUT2D eigenvalue weighted by Gasteiger charge is 2.50. The molecule has 1 aliphatic rings. The maximum Gasteiger partial charge on any atom is 0.0267 e. The Labute approximate surface area is 246 Å². The molecule has 0 aromatic heterocycles. The number of rotatable bonds is 6. The van der Waals surface area contributed by atoms with Crippen LogP contribution in [0.15, 0.2) is 72.8 Å². The molecule has 0 nitrogen and oxygen atoms in total. The fourth-order valence-corrected chi connectivity index (χ4v) is 15.7. The Morgan fingerprint density at radius 1 is 0.400 bits per heavy atom. The molecular weight excluding hydrogens is 518 g/mol. The van der Waals surface area contributed by atoms with E-state index in [1.54, 1.807) is 21.2 Å². The van der Waals surface area contributed by atoms with Gasteiger partial charge in [0.15, 0.2) is 0 Å². The van der Waals surface area contributed by atoms with Gasteiger partial charge >= 0.3 is 0 Å². The summed E-state index contributed by atoms with van der Waals surface area (Å²) in [7, 11) is -1.26. The molecule has 4 aromatic rings. The summed E-state index contributed by atoms with van der Waals surface area (Å²) in [6, 6.07) is 28.5. The Bertz CT molecular complexity index is 1310. The third-order valence-electron chi connectivity index (χ3n) is 9.75. The van der Waals surface area contributed by atoms with Crippen molar-refractivity contribution in [1.82, 2.24) is 0 Å². The molecule has 0 saturated heterocycles. The molecule has 208 valence electrons. The van der Waals surface area contributed by atoms with Gasteiger partial charge in [-0.2, -0.15) is 0 Å². The van der Waals surface area contributed by atoms with Crippen LogP contribution < -0.4 is 21.2 Å². The van der Waals surface area contributed by atoms with Crippen molar-refractivity contribution in [2.24, 2.45) is 0 Å². The summed E-state index contributed by atoms with van der Waals surface area (Å²) in [6.45, 7) is 18.8. The molecule has 0 atom stereocenters. The zero-order valence-electron chi connectivity index (χ0n) is 25.9. The van der Waals surface area contributed by atoms with Crippen LogP contribution in [0.1, 0.15) is 76.6 Å². The summed E-state index contributed by atoms with van der Waals surface area (Å²) in [5.41, 5.74) is 11.7. The quantitative estimate of drug-likeness (QED) is 0.205. The summed E-state index contributed by atoms with van der Waals surface area (Å²) in [5.74, 6) is 0. The van der Waals surface area contributed by atoms with Gasteiger partial charge in [-0.25, -0.2) is 0 Å². The van der Waals surface area contributed by atoms with E-state index in [4.69, 9.17) is 0 Å². The van der Waals surface area contributed by atoms with Crippen LogP contribution in [-0.2, 0) is 0 Å². The lowest BCUT2D eigenvalue weighted by atomic mass is 9.99. The predicted octanol–water partition coefficient (Wildman–Crippen LogP) is 9.38. The molecule has 0 heterocycles. The van der Waals surface area contributed by atoms with Gasteiger partial charge in [0.05, 0.1) is 0 Å². The van der Waals surface area contributed by atoms with E-state index in [1.165, 1.54) is 76.6 Å². The van der Waals surface area contributed by atoms with E-state index < -0.39 is 15.8 Å². The second kappa shape index (κ2) is 11.9. The van der Waals surface area contributed by atoms with Crippen LogP contribution in [0.25, 0.3) is 0 Å². The molecule has 0 amide bonds. The van der Waals surface area contributed by atoms with Crippen LogP contribution >= 0.6 is 15.8 Å². The lowest BCUT2D eigenvalue weighted by Crippen LogP contribution is -2.42. The number of benzene rings is 4. The van der Waals surface area contributed by atoms with E-state index in [0.29, 0.717) is 0 Å². The first-order chi connectivity index (χ1) is 19.2. The molecule has 0 N–H and O–H groups in total. The standard InChI is InChI=1S/C38H46P2/c1-26-16-12-20-34(30(26)5)39(35-21-13-17-27(2)31(35)6)38(24-10-9-11-25-38)40(36-22-14-18-28(3)32(36)7)37-23-15-19-29(4)33(37)8/h12-23H,9-11,24-25H2,1-8H3. The van der Waals surface area contributed by atoms with Gasteiger partial charge in [-0.1, -0.05) is 92.1 Å². The first-order valence-corrected chi connectivity index (χ1v) is 17.7. The van der Waals surface area contributed by atoms with Crippen LogP contribution in [0.2, 0.25) is 0 Å². The number of hydrogen-bond donors (Lipinski definition) is 0. The van der Waals surface area contributed by atoms with E-state index in [0.717, 1.165) is 0 Å². The minimum Gasteiger partial charge on any atom is -0.0613 e. The first kappa shape index (κ1) is 29.2. The van der Waals surface area contributed by atoms with E-state index in [-0.39, 0.29) is 4.90 Å². The Hall–Kier alpha value is -2.26. The average Bonchev–Trinajstić information content (AvgIpc) is 2.94. The van der Waals surface area contributed by atoms with Gasteiger partial charge in [0.2, 0.25) is 0 Å². The van der Waals surface area contributed by atoms with Gasteiger partial charge < -0.3 is 0 Å². The van der Waals surface area contributed by atoms with Crippen molar-refractivity contribution in [2.75, 3.05) is 0 Å². The molecule has 1 aliphatic carbocycles. The lowest BCUT2D eigenvalue weighted by Gasteiger charge is -2.51. The topological polar surface area (TPSA) is 0 Å². The van der Waals surface area contributed by atoms with Crippen molar-refractivity contribution in [3.8, 4) is 0 Å². The summed E-state index contributed by atoms with van der Waals surface area (Å²) in [5, 5.41) is 6.42. The summed E-state index contributed by atoms with van der Waals surface area (Å²) in [4.78, 5) is 0.192. The molecule has 5 rings (SSSR count). The molecule has 0 bridgehead atoms. The zero-order valence-corrected chi connectivity index (χ0v) is 27.6. The second-order valence-electron chi connectivity index (χ2n) is 12.1. The Morgan fingerprint density at radius 2 is 0.675 bits per heavy atom. The molecule has 1 fully saturated rings. The number of aryl methyl sites for hydroxylation is 4. The number of hydrogen-bond acceptors (Lipinski definition) is 0. The molecule has 1 saturated carbocycles. The van der Waals surface area contributed by atoms with E-state index in [1.807, 2.05) is 0 Å². The van der Waals surface area contributed by atoms with E-state index in [9.17, 15) is 0 Å². The monoisotopic (exact) mass is 564 g/mol. The van der Waals surface area contributed by atoms with Gasteiger partial charge in [-0.05, 0) is 150 Å². The summed E-state index contributed by atoms with van der Waals surface area (Å²) in [6.07, 6.45) is 6.59. The van der Waals surface area contributed by atoms with Crippen molar-refractivity contribution in [1.29, 1.82) is 0 Å². The van der Waals surface area contributed by atoms with Crippen molar-refractivity contribution in [3.05, 3.63) is 117 Å². The van der Waals surface area contributed by atoms with Gasteiger partial charge in [0.25, 0.3) is 0 Å². The van der Waals surface area contributed by atoms with Gasteiger partial charge in [0, 0.05) is 4.90 Å². The predicted molar refractivity (Wildman–Crippen MR) is 182 cm³/mol. The fraction of sp³-hybridized carbons (Fsp3) is 0.368. The summed E-state index contributed by atoms with van der Waals surface area (Å²) >= 11 is 0. The highest BCUT2D eigenvalue weighted by atomic mass is 31.2. The van der Waals surface area contributed by atoms with E-state index >= 15 is 0 Å². The maximum absolute atomic E-state index is 2.49. The molecule has 0 spiro atoms. The Kier molecular flexibility index (Phi) is 8.72. The van der Waals surface area contributed by atoms with Crippen molar-refractivity contribution in [2.45, 2.75) is 92.4 Å². The molecule has 2 heteroatoms.